The molecule has 0 amide bonds. The molecule has 10 rings (SSSR count). The summed E-state index contributed by atoms with van der Waals surface area (Å²) in [5, 5.41) is 4.85. The molecular formula is C54H46N4PtSi. The summed E-state index contributed by atoms with van der Waals surface area (Å²) in [5.74, 6) is 0.869. The van der Waals surface area contributed by atoms with Gasteiger partial charge < -0.3 is 14.4 Å². The van der Waals surface area contributed by atoms with Crippen molar-refractivity contribution in [3.63, 3.8) is 0 Å². The van der Waals surface area contributed by atoms with Crippen molar-refractivity contribution in [2.75, 3.05) is 16.5 Å². The maximum atomic E-state index is 5.10. The van der Waals surface area contributed by atoms with Gasteiger partial charge in [0.2, 0.25) is 0 Å². The van der Waals surface area contributed by atoms with Gasteiger partial charge >= 0.3 is 21.1 Å². The Balaban J connectivity index is 0.00000462. The van der Waals surface area contributed by atoms with Gasteiger partial charge in [0.05, 0.1) is 26.1 Å². The van der Waals surface area contributed by atoms with Gasteiger partial charge in [-0.15, -0.1) is 11.5 Å². The Hall–Kier alpha value is -6.00. The van der Waals surface area contributed by atoms with E-state index in [1.165, 1.54) is 60.3 Å². The normalized spacial score (nSPS) is 12.8. The largest absolute Gasteiger partial charge is 2.00 e. The van der Waals surface area contributed by atoms with Crippen LogP contribution >= 0.6 is 0 Å². The van der Waals surface area contributed by atoms with Gasteiger partial charge in [-0.25, -0.2) is 4.98 Å². The monoisotopic (exact) mass is 973 g/mol. The Morgan fingerprint density at radius 1 is 0.567 bits per heavy atom. The average molecular weight is 974 g/mol. The number of hydrogen-bond donors (Lipinski definition) is 0. The Bertz CT molecular complexity index is 2950. The molecule has 9 aromatic rings. The van der Waals surface area contributed by atoms with Gasteiger partial charge in [0.25, 0.3) is 0 Å². The first-order valence-electron chi connectivity index (χ1n) is 20.5. The smallest absolute Gasteiger partial charge is 0.347 e. The summed E-state index contributed by atoms with van der Waals surface area (Å²) in [6, 6.07) is 69.1. The van der Waals surface area contributed by atoms with E-state index in [-0.39, 0.29) is 26.6 Å². The van der Waals surface area contributed by atoms with E-state index in [4.69, 9.17) is 4.98 Å². The SMILES string of the molecule is CC(C)(C)N1CN(c2[c-]c([Si](C)(C)c3[c-]c4c(cc3)c3ccccc3n4-c3cc(-c4c(-c5ccccc5)cccc4-c4ccccc4)ccn3)ccc2)c2ccccc21.[Pt+2]. The van der Waals surface area contributed by atoms with Gasteiger partial charge in [-0.2, -0.15) is 46.8 Å². The standard InChI is InChI=1S/C54H46N4Si.Pt/c1-54(2,3)57-37-56(49-28-14-15-29-50(49)57)41-22-16-23-42(35-41)59(4,5)43-30-31-47-46-24-12-13-27-48(46)58(51(47)36-43)52-34-40(32-33-55-52)53-44(38-18-8-6-9-19-38)25-17-26-45(53)39-20-10-7-11-21-39;/h6-34H,37H2,1-5H3;/q-2;+2. The van der Waals surface area contributed by atoms with Crippen molar-refractivity contribution in [2.45, 2.75) is 39.4 Å². The first-order chi connectivity index (χ1) is 28.7. The first kappa shape index (κ1) is 39.5. The van der Waals surface area contributed by atoms with Crippen LogP contribution in [-0.2, 0) is 21.1 Å². The molecule has 0 fully saturated rings. The Kier molecular flexibility index (Phi) is 10.2. The average Bonchev–Trinajstić information content (AvgIpc) is 3.84. The molecule has 7 aromatic carbocycles. The molecule has 0 saturated heterocycles. The molecule has 60 heavy (non-hydrogen) atoms. The van der Waals surface area contributed by atoms with Gasteiger partial charge in [-0.1, -0.05) is 133 Å². The minimum absolute atomic E-state index is 0. The van der Waals surface area contributed by atoms with Gasteiger partial charge in [0.15, 0.2) is 0 Å². The molecule has 4 nitrogen and oxygen atoms in total. The zero-order chi connectivity index (χ0) is 40.3. The van der Waals surface area contributed by atoms with E-state index in [1.54, 1.807) is 0 Å². The number of pyridine rings is 1. The number of nitrogens with zero attached hydrogens (tertiary/aromatic N) is 4. The van der Waals surface area contributed by atoms with Crippen molar-refractivity contribution >= 4 is 57.3 Å². The second-order valence-electron chi connectivity index (χ2n) is 17.1. The van der Waals surface area contributed by atoms with Crippen LogP contribution in [0.4, 0.5) is 17.1 Å². The molecule has 0 saturated carbocycles. The third-order valence-electron chi connectivity index (χ3n) is 12.1. The van der Waals surface area contributed by atoms with E-state index >= 15 is 0 Å². The van der Waals surface area contributed by atoms with Crippen LogP contribution in [0.5, 0.6) is 0 Å². The summed E-state index contributed by atoms with van der Waals surface area (Å²) in [4.78, 5) is 10.00. The fraction of sp³-hybridized carbons (Fsp3) is 0.130. The second kappa shape index (κ2) is 15.5. The first-order valence-corrected chi connectivity index (χ1v) is 23.5. The quantitative estimate of drug-likeness (QED) is 0.117. The van der Waals surface area contributed by atoms with Crippen LogP contribution in [0.2, 0.25) is 13.1 Å². The van der Waals surface area contributed by atoms with Crippen LogP contribution < -0.4 is 20.2 Å². The maximum Gasteiger partial charge on any atom is 2.00 e. The molecule has 0 aliphatic carbocycles. The summed E-state index contributed by atoms with van der Waals surface area (Å²) >= 11 is 0. The van der Waals surface area contributed by atoms with Crippen LogP contribution in [0.15, 0.2) is 176 Å². The van der Waals surface area contributed by atoms with Crippen LogP contribution in [-0.4, -0.2) is 29.8 Å². The molecule has 0 N–H and O–H groups in total. The number of rotatable bonds is 7. The van der Waals surface area contributed by atoms with Crippen molar-refractivity contribution in [1.29, 1.82) is 0 Å². The van der Waals surface area contributed by atoms with Gasteiger partial charge in [-0.3, -0.25) is 0 Å². The number of benzene rings is 7. The molecule has 1 aliphatic rings. The molecular weight excluding hydrogens is 928 g/mol. The zero-order valence-corrected chi connectivity index (χ0v) is 37.8. The Morgan fingerprint density at radius 3 is 1.88 bits per heavy atom. The molecule has 3 heterocycles. The summed E-state index contributed by atoms with van der Waals surface area (Å²) in [6.45, 7) is 12.5. The van der Waals surface area contributed by atoms with E-state index in [1.807, 2.05) is 6.20 Å². The van der Waals surface area contributed by atoms with Gasteiger partial charge in [0.1, 0.15) is 5.82 Å². The number of hydrogen-bond acceptors (Lipinski definition) is 3. The zero-order valence-electron chi connectivity index (χ0n) is 34.6. The van der Waals surface area contributed by atoms with Crippen LogP contribution in [0, 0.1) is 12.1 Å². The van der Waals surface area contributed by atoms with E-state index in [0.717, 1.165) is 34.8 Å². The predicted octanol–water partition coefficient (Wildman–Crippen LogP) is 12.3. The molecule has 2 aromatic heterocycles. The van der Waals surface area contributed by atoms with Gasteiger partial charge in [0, 0.05) is 17.3 Å². The molecule has 0 radical (unpaired) electrons. The van der Waals surface area contributed by atoms with Crippen molar-refractivity contribution in [1.82, 2.24) is 9.55 Å². The topological polar surface area (TPSA) is 24.3 Å². The second-order valence-corrected chi connectivity index (χ2v) is 21.4. The minimum Gasteiger partial charge on any atom is -0.347 e. The number of fused-ring (bicyclic) bond motifs is 4. The summed E-state index contributed by atoms with van der Waals surface area (Å²) < 4.78 is 2.32. The molecule has 1 aliphatic heterocycles. The number of anilines is 3. The molecule has 0 spiro atoms. The summed E-state index contributed by atoms with van der Waals surface area (Å²) in [6.07, 6.45) is 1.96. The molecule has 0 unspecified atom stereocenters. The predicted molar refractivity (Wildman–Crippen MR) is 251 cm³/mol. The third-order valence-corrected chi connectivity index (χ3v) is 15.3. The fourth-order valence-electron chi connectivity index (χ4n) is 8.89. The van der Waals surface area contributed by atoms with E-state index in [2.05, 4.69) is 230 Å². The van der Waals surface area contributed by atoms with Crippen molar-refractivity contribution in [3.8, 4) is 39.2 Å². The maximum absolute atomic E-state index is 5.10. The minimum atomic E-state index is -2.31. The third kappa shape index (κ3) is 6.80. The summed E-state index contributed by atoms with van der Waals surface area (Å²) in [7, 11) is -2.31. The van der Waals surface area contributed by atoms with Crippen molar-refractivity contribution in [3.05, 3.63) is 188 Å². The Morgan fingerprint density at radius 2 is 1.18 bits per heavy atom. The molecule has 0 atom stereocenters. The molecule has 6 heteroatoms. The van der Waals surface area contributed by atoms with Crippen molar-refractivity contribution < 1.29 is 21.1 Å². The van der Waals surface area contributed by atoms with E-state index in [0.29, 0.717) is 0 Å². The van der Waals surface area contributed by atoms with Crippen LogP contribution in [0.25, 0.3) is 61.0 Å². The summed E-state index contributed by atoms with van der Waals surface area (Å²) in [5.41, 5.74) is 12.8. The molecule has 296 valence electrons. The van der Waals surface area contributed by atoms with Crippen LogP contribution in [0.3, 0.4) is 0 Å². The van der Waals surface area contributed by atoms with E-state index < -0.39 is 8.07 Å². The van der Waals surface area contributed by atoms with Crippen molar-refractivity contribution in [2.24, 2.45) is 0 Å². The van der Waals surface area contributed by atoms with Gasteiger partial charge in [-0.05, 0) is 89.9 Å². The van der Waals surface area contributed by atoms with Crippen LogP contribution in [0.1, 0.15) is 20.8 Å². The number of para-hydroxylation sites is 3. The fourth-order valence-corrected chi connectivity index (χ4v) is 11.1. The van der Waals surface area contributed by atoms with E-state index in [9.17, 15) is 0 Å². The Labute approximate surface area is 369 Å². The molecule has 0 bridgehead atoms. The number of aromatic nitrogens is 2.